The van der Waals surface area contributed by atoms with Gasteiger partial charge in [-0.3, -0.25) is 4.90 Å². The topological polar surface area (TPSA) is 50.5 Å². The van der Waals surface area contributed by atoms with Gasteiger partial charge < -0.3 is 4.42 Å². The minimum atomic E-state index is -3.56. The second-order valence-corrected chi connectivity index (χ2v) is 7.57. The van der Waals surface area contributed by atoms with Gasteiger partial charge in [0.2, 0.25) is 15.7 Å². The molecular formula is C18H15NO3S. The number of hydrogen-bond acceptors (Lipinski definition) is 4. The number of furan rings is 1. The van der Waals surface area contributed by atoms with Crippen molar-refractivity contribution in [1.82, 2.24) is 0 Å². The van der Waals surface area contributed by atoms with Crippen molar-refractivity contribution in [3.05, 3.63) is 65.9 Å². The van der Waals surface area contributed by atoms with Gasteiger partial charge in [-0.25, -0.2) is 8.42 Å². The summed E-state index contributed by atoms with van der Waals surface area (Å²) >= 11 is 0. The third-order valence-electron chi connectivity index (χ3n) is 4.09. The molecular weight excluding hydrogens is 310 g/mol. The highest BCUT2D eigenvalue weighted by Crippen LogP contribution is 2.49. The zero-order valence-corrected chi connectivity index (χ0v) is 13.6. The zero-order valence-electron chi connectivity index (χ0n) is 12.8. The molecule has 0 unspecified atom stereocenters. The summed E-state index contributed by atoms with van der Waals surface area (Å²) in [5.74, 6) is 0.343. The van der Waals surface area contributed by atoms with Gasteiger partial charge in [0.1, 0.15) is 4.90 Å². The van der Waals surface area contributed by atoms with E-state index in [1.54, 1.807) is 18.2 Å². The van der Waals surface area contributed by atoms with Crippen molar-refractivity contribution < 1.29 is 12.8 Å². The maximum atomic E-state index is 12.8. The first-order valence-corrected chi connectivity index (χ1v) is 8.77. The van der Waals surface area contributed by atoms with Gasteiger partial charge in [0.05, 0.1) is 22.5 Å². The maximum Gasteiger partial charge on any atom is 0.223 e. The van der Waals surface area contributed by atoms with E-state index in [9.17, 15) is 8.42 Å². The van der Waals surface area contributed by atoms with Gasteiger partial charge in [-0.2, -0.15) is 0 Å². The normalized spacial score (nSPS) is 15.1. The molecule has 0 bridgehead atoms. The molecule has 0 atom stereocenters. The van der Waals surface area contributed by atoms with Gasteiger partial charge in [0.15, 0.2) is 0 Å². The zero-order chi connectivity index (χ0) is 16.2. The molecule has 0 saturated carbocycles. The number of aryl methyl sites for hydroxylation is 2. The summed E-state index contributed by atoms with van der Waals surface area (Å²) in [4.78, 5) is 2.38. The van der Waals surface area contributed by atoms with Crippen LogP contribution in [0, 0.1) is 13.8 Å². The second kappa shape index (κ2) is 4.73. The lowest BCUT2D eigenvalue weighted by molar-refractivity contribution is 0.558. The van der Waals surface area contributed by atoms with E-state index in [0.29, 0.717) is 16.5 Å². The van der Waals surface area contributed by atoms with Crippen molar-refractivity contribution in [3.63, 3.8) is 0 Å². The molecule has 1 aliphatic rings. The lowest BCUT2D eigenvalue weighted by atomic mass is 10.1. The van der Waals surface area contributed by atoms with Crippen LogP contribution in [-0.4, -0.2) is 8.42 Å². The summed E-state index contributed by atoms with van der Waals surface area (Å²) < 4.78 is 31.1. The van der Waals surface area contributed by atoms with Crippen LogP contribution in [0.3, 0.4) is 0 Å². The molecule has 0 radical (unpaired) electrons. The standard InChI is InChI=1S/C18H15NO3S/c1-12-7-8-14(13(2)11-12)19-15-5-3-4-6-16(15)23(20,21)17-9-10-22-18(17)19/h3-11H,1-2H3. The number of rotatable bonds is 1. The van der Waals surface area contributed by atoms with E-state index in [0.717, 1.165) is 16.8 Å². The Morgan fingerprint density at radius 2 is 1.70 bits per heavy atom. The molecule has 0 saturated heterocycles. The van der Waals surface area contributed by atoms with Gasteiger partial charge in [-0.05, 0) is 43.7 Å². The minimum Gasteiger partial charge on any atom is -0.447 e. The van der Waals surface area contributed by atoms with Crippen LogP contribution in [0.2, 0.25) is 0 Å². The van der Waals surface area contributed by atoms with Crippen LogP contribution in [0.4, 0.5) is 17.3 Å². The largest absolute Gasteiger partial charge is 0.447 e. The molecule has 0 N–H and O–H groups in total. The molecule has 4 rings (SSSR count). The highest BCUT2D eigenvalue weighted by Gasteiger charge is 2.37. The van der Waals surface area contributed by atoms with Gasteiger partial charge in [0.25, 0.3) is 0 Å². The van der Waals surface area contributed by atoms with Crippen molar-refractivity contribution in [1.29, 1.82) is 0 Å². The van der Waals surface area contributed by atoms with Crippen LogP contribution < -0.4 is 4.90 Å². The number of benzene rings is 2. The Morgan fingerprint density at radius 3 is 2.48 bits per heavy atom. The van der Waals surface area contributed by atoms with Crippen LogP contribution in [-0.2, 0) is 9.84 Å². The average molecular weight is 325 g/mol. The number of nitrogens with zero attached hydrogens (tertiary/aromatic N) is 1. The van der Waals surface area contributed by atoms with Crippen molar-refractivity contribution >= 4 is 27.1 Å². The number of sulfone groups is 1. The Hall–Kier alpha value is -2.53. The van der Waals surface area contributed by atoms with Crippen LogP contribution in [0.1, 0.15) is 11.1 Å². The molecule has 2 aromatic carbocycles. The quantitative estimate of drug-likeness (QED) is 0.516. The Bertz CT molecular complexity index is 1020. The SMILES string of the molecule is Cc1ccc(N2c3ccccc3S(=O)(=O)c3ccoc32)c(C)c1. The number of fused-ring (bicyclic) bond motifs is 2. The molecule has 23 heavy (non-hydrogen) atoms. The predicted molar refractivity (Wildman–Crippen MR) is 88.3 cm³/mol. The summed E-state index contributed by atoms with van der Waals surface area (Å²) in [5.41, 5.74) is 3.74. The lowest BCUT2D eigenvalue weighted by Gasteiger charge is -2.30. The van der Waals surface area contributed by atoms with Crippen LogP contribution in [0.15, 0.2) is 69.0 Å². The van der Waals surface area contributed by atoms with E-state index in [1.165, 1.54) is 12.3 Å². The van der Waals surface area contributed by atoms with E-state index < -0.39 is 9.84 Å². The summed E-state index contributed by atoms with van der Waals surface area (Å²) in [6, 6.07) is 14.6. The smallest absolute Gasteiger partial charge is 0.223 e. The number of anilines is 3. The third-order valence-corrected chi connectivity index (χ3v) is 5.91. The van der Waals surface area contributed by atoms with E-state index in [-0.39, 0.29) is 4.90 Å². The van der Waals surface area contributed by atoms with E-state index >= 15 is 0 Å². The van der Waals surface area contributed by atoms with Crippen molar-refractivity contribution in [3.8, 4) is 0 Å². The highest BCUT2D eigenvalue weighted by atomic mass is 32.2. The molecule has 4 nitrogen and oxygen atoms in total. The van der Waals surface area contributed by atoms with Crippen LogP contribution in [0.25, 0.3) is 0 Å². The van der Waals surface area contributed by atoms with Crippen molar-refractivity contribution in [2.24, 2.45) is 0 Å². The van der Waals surface area contributed by atoms with E-state index in [1.807, 2.05) is 36.9 Å². The summed E-state index contributed by atoms with van der Waals surface area (Å²) in [6.45, 7) is 4.04. The predicted octanol–water partition coefficient (Wildman–Crippen LogP) is 4.51. The molecule has 116 valence electrons. The lowest BCUT2D eigenvalue weighted by Crippen LogP contribution is -2.21. The van der Waals surface area contributed by atoms with Crippen molar-refractivity contribution in [2.45, 2.75) is 23.6 Å². The molecule has 0 aliphatic carbocycles. The fraction of sp³-hybridized carbons (Fsp3) is 0.111. The minimum absolute atomic E-state index is 0.205. The summed E-state index contributed by atoms with van der Waals surface area (Å²) in [7, 11) is -3.56. The third kappa shape index (κ3) is 1.93. The molecule has 3 aromatic rings. The van der Waals surface area contributed by atoms with Gasteiger partial charge in [0, 0.05) is 0 Å². The molecule has 0 spiro atoms. The molecule has 2 heterocycles. The van der Waals surface area contributed by atoms with Gasteiger partial charge in [-0.15, -0.1) is 0 Å². The molecule has 1 aliphatic heterocycles. The Morgan fingerprint density at radius 1 is 0.913 bits per heavy atom. The first-order valence-electron chi connectivity index (χ1n) is 7.29. The van der Waals surface area contributed by atoms with Crippen molar-refractivity contribution in [2.75, 3.05) is 4.90 Å². The number of hydrogen-bond donors (Lipinski definition) is 0. The van der Waals surface area contributed by atoms with Crippen LogP contribution in [0.5, 0.6) is 0 Å². The average Bonchev–Trinajstić information content (AvgIpc) is 3.00. The summed E-state index contributed by atoms with van der Waals surface area (Å²) in [6.07, 6.45) is 1.42. The number of para-hydroxylation sites is 1. The van der Waals surface area contributed by atoms with Crippen LogP contribution >= 0.6 is 0 Å². The monoisotopic (exact) mass is 325 g/mol. The fourth-order valence-corrected chi connectivity index (χ4v) is 4.58. The second-order valence-electron chi connectivity index (χ2n) is 5.69. The molecule has 0 amide bonds. The van der Waals surface area contributed by atoms with E-state index in [4.69, 9.17) is 4.42 Å². The summed E-state index contributed by atoms with van der Waals surface area (Å²) in [5, 5.41) is 0. The Labute approximate surface area is 134 Å². The first-order chi connectivity index (χ1) is 11.0. The Kier molecular flexibility index (Phi) is 2.90. The van der Waals surface area contributed by atoms with Gasteiger partial charge >= 0.3 is 0 Å². The molecule has 5 heteroatoms. The van der Waals surface area contributed by atoms with Gasteiger partial charge in [-0.1, -0.05) is 29.8 Å². The van der Waals surface area contributed by atoms with E-state index in [2.05, 4.69) is 6.07 Å². The fourth-order valence-electron chi connectivity index (χ4n) is 3.05. The first kappa shape index (κ1) is 14.1. The molecule has 1 aromatic heterocycles. The maximum absolute atomic E-state index is 12.8. The highest BCUT2D eigenvalue weighted by molar-refractivity contribution is 7.92. The molecule has 0 fully saturated rings. The Balaban J connectivity index is 2.07.